The van der Waals surface area contributed by atoms with Crippen LogP contribution < -0.4 is 0 Å². The summed E-state index contributed by atoms with van der Waals surface area (Å²) in [6.07, 6.45) is 1.36. The number of alkyl halides is 1. The molecule has 2 unspecified atom stereocenters. The molecule has 0 amide bonds. The van der Waals surface area contributed by atoms with Crippen LogP contribution in [0.1, 0.15) is 40.4 Å². The van der Waals surface area contributed by atoms with Crippen molar-refractivity contribution in [1.82, 2.24) is 0 Å². The van der Waals surface area contributed by atoms with Gasteiger partial charge in [0, 0.05) is 9.75 Å². The van der Waals surface area contributed by atoms with Crippen molar-refractivity contribution < 1.29 is 0 Å². The molecule has 0 nitrogen and oxygen atoms in total. The predicted octanol–water partition coefficient (Wildman–Crippen LogP) is 4.85. The SMILES string of the molecule is Cc1cc(C)c(C(Br)C2CC2(C)C)s1. The Morgan fingerprint density at radius 3 is 2.43 bits per heavy atom. The highest BCUT2D eigenvalue weighted by Crippen LogP contribution is 2.61. The van der Waals surface area contributed by atoms with Crippen molar-refractivity contribution in [2.24, 2.45) is 11.3 Å². The summed E-state index contributed by atoms with van der Waals surface area (Å²) in [4.78, 5) is 3.55. The molecular formula is C12H17BrS. The fourth-order valence-electron chi connectivity index (χ4n) is 2.12. The fraction of sp³-hybridized carbons (Fsp3) is 0.667. The second kappa shape index (κ2) is 3.34. The lowest BCUT2D eigenvalue weighted by Gasteiger charge is -2.10. The van der Waals surface area contributed by atoms with Crippen LogP contribution in [0.25, 0.3) is 0 Å². The monoisotopic (exact) mass is 272 g/mol. The van der Waals surface area contributed by atoms with E-state index in [0.29, 0.717) is 10.2 Å². The standard InChI is InChI=1S/C12H17BrS/c1-7-5-8(2)14-11(7)10(13)9-6-12(9,3)4/h5,9-10H,6H2,1-4H3. The molecule has 1 aliphatic rings. The summed E-state index contributed by atoms with van der Waals surface area (Å²) >= 11 is 5.81. The lowest BCUT2D eigenvalue weighted by Crippen LogP contribution is -1.97. The van der Waals surface area contributed by atoms with Gasteiger partial charge in [-0.15, -0.1) is 11.3 Å². The Balaban J connectivity index is 2.20. The molecule has 78 valence electrons. The van der Waals surface area contributed by atoms with E-state index in [9.17, 15) is 0 Å². The van der Waals surface area contributed by atoms with Gasteiger partial charge in [-0.25, -0.2) is 0 Å². The third kappa shape index (κ3) is 1.79. The number of thiophene rings is 1. The Hall–Kier alpha value is 0.180. The highest BCUT2D eigenvalue weighted by Gasteiger charge is 2.50. The maximum Gasteiger partial charge on any atom is 0.0525 e. The van der Waals surface area contributed by atoms with Gasteiger partial charge in [-0.3, -0.25) is 0 Å². The van der Waals surface area contributed by atoms with Gasteiger partial charge in [0.1, 0.15) is 0 Å². The smallest absolute Gasteiger partial charge is 0.0525 e. The van der Waals surface area contributed by atoms with Crippen molar-refractivity contribution in [3.8, 4) is 0 Å². The topological polar surface area (TPSA) is 0 Å². The van der Waals surface area contributed by atoms with Crippen LogP contribution in [0.3, 0.4) is 0 Å². The number of hydrogen-bond donors (Lipinski definition) is 0. The molecule has 2 rings (SSSR count). The van der Waals surface area contributed by atoms with Crippen molar-refractivity contribution in [2.75, 3.05) is 0 Å². The zero-order valence-corrected chi connectivity index (χ0v) is 11.6. The number of hydrogen-bond acceptors (Lipinski definition) is 1. The van der Waals surface area contributed by atoms with Gasteiger partial charge in [-0.2, -0.15) is 0 Å². The first-order valence-corrected chi connectivity index (χ1v) is 6.86. The van der Waals surface area contributed by atoms with Crippen LogP contribution in [0.2, 0.25) is 0 Å². The number of halogens is 1. The first-order chi connectivity index (χ1) is 6.42. The lowest BCUT2D eigenvalue weighted by atomic mass is 10.1. The largest absolute Gasteiger partial charge is 0.144 e. The van der Waals surface area contributed by atoms with Gasteiger partial charge >= 0.3 is 0 Å². The average Bonchev–Trinajstić information content (AvgIpc) is 2.55. The maximum atomic E-state index is 3.86. The van der Waals surface area contributed by atoms with E-state index in [4.69, 9.17) is 0 Å². The van der Waals surface area contributed by atoms with Crippen LogP contribution in [-0.4, -0.2) is 0 Å². The van der Waals surface area contributed by atoms with Crippen LogP contribution in [0, 0.1) is 25.2 Å². The molecular weight excluding hydrogens is 256 g/mol. The predicted molar refractivity (Wildman–Crippen MR) is 67.3 cm³/mol. The summed E-state index contributed by atoms with van der Waals surface area (Å²) in [5, 5.41) is 0. The summed E-state index contributed by atoms with van der Waals surface area (Å²) in [6, 6.07) is 2.30. The van der Waals surface area contributed by atoms with Gasteiger partial charge in [-0.05, 0) is 43.2 Å². The molecule has 14 heavy (non-hydrogen) atoms. The second-order valence-electron chi connectivity index (χ2n) is 5.11. The molecule has 1 fully saturated rings. The molecule has 1 aliphatic carbocycles. The second-order valence-corrected chi connectivity index (χ2v) is 7.38. The van der Waals surface area contributed by atoms with Gasteiger partial charge < -0.3 is 0 Å². The zero-order valence-electron chi connectivity index (χ0n) is 9.23. The van der Waals surface area contributed by atoms with Crippen LogP contribution >= 0.6 is 27.3 Å². The highest BCUT2D eigenvalue weighted by atomic mass is 79.9. The lowest BCUT2D eigenvalue weighted by molar-refractivity contribution is 0.557. The van der Waals surface area contributed by atoms with Crippen LogP contribution in [-0.2, 0) is 0 Å². The minimum atomic E-state index is 0.554. The molecule has 0 N–H and O–H groups in total. The van der Waals surface area contributed by atoms with Crippen molar-refractivity contribution >= 4 is 27.3 Å². The van der Waals surface area contributed by atoms with Gasteiger partial charge in [0.15, 0.2) is 0 Å². The summed E-state index contributed by atoms with van der Waals surface area (Å²) in [6.45, 7) is 9.14. The van der Waals surface area contributed by atoms with Crippen molar-refractivity contribution in [1.29, 1.82) is 0 Å². The highest BCUT2D eigenvalue weighted by molar-refractivity contribution is 9.09. The van der Waals surface area contributed by atoms with E-state index in [1.807, 2.05) is 11.3 Å². The van der Waals surface area contributed by atoms with Gasteiger partial charge in [0.05, 0.1) is 4.83 Å². The Labute approximate surface area is 98.9 Å². The first kappa shape index (κ1) is 10.7. The molecule has 1 saturated carbocycles. The molecule has 0 aliphatic heterocycles. The van der Waals surface area contributed by atoms with E-state index >= 15 is 0 Å². The fourth-order valence-corrected chi connectivity index (χ4v) is 4.75. The van der Waals surface area contributed by atoms with Crippen LogP contribution in [0.15, 0.2) is 6.07 Å². The van der Waals surface area contributed by atoms with Crippen LogP contribution in [0.4, 0.5) is 0 Å². The molecule has 1 aromatic rings. The Bertz CT molecular complexity index is 351. The third-order valence-corrected chi connectivity index (χ3v) is 5.91. The van der Waals surface area contributed by atoms with Crippen molar-refractivity contribution in [2.45, 2.75) is 38.9 Å². The minimum absolute atomic E-state index is 0.554. The zero-order chi connectivity index (χ0) is 10.5. The summed E-state index contributed by atoms with van der Waals surface area (Å²) in [5.41, 5.74) is 2.01. The molecule has 0 saturated heterocycles. The average molecular weight is 273 g/mol. The molecule has 0 spiro atoms. The maximum absolute atomic E-state index is 3.86. The Morgan fingerprint density at radius 1 is 1.50 bits per heavy atom. The Kier molecular flexibility index (Phi) is 2.55. The summed E-state index contributed by atoms with van der Waals surface area (Å²) < 4.78 is 0. The van der Waals surface area contributed by atoms with Gasteiger partial charge in [0.25, 0.3) is 0 Å². The molecule has 0 aromatic carbocycles. The van der Waals surface area contributed by atoms with Crippen molar-refractivity contribution in [3.63, 3.8) is 0 Å². The van der Waals surface area contributed by atoms with Crippen LogP contribution in [0.5, 0.6) is 0 Å². The first-order valence-electron chi connectivity index (χ1n) is 5.13. The number of aryl methyl sites for hydroxylation is 2. The van der Waals surface area contributed by atoms with E-state index < -0.39 is 0 Å². The molecule has 0 radical (unpaired) electrons. The van der Waals surface area contributed by atoms with E-state index in [0.717, 1.165) is 5.92 Å². The van der Waals surface area contributed by atoms with E-state index in [1.54, 1.807) is 0 Å². The minimum Gasteiger partial charge on any atom is -0.144 e. The molecule has 1 heterocycles. The quantitative estimate of drug-likeness (QED) is 0.676. The molecule has 2 atom stereocenters. The van der Waals surface area contributed by atoms with E-state index in [-0.39, 0.29) is 0 Å². The summed E-state index contributed by atoms with van der Waals surface area (Å²) in [7, 11) is 0. The summed E-state index contributed by atoms with van der Waals surface area (Å²) in [5.74, 6) is 0.833. The third-order valence-electron chi connectivity index (χ3n) is 3.27. The Morgan fingerprint density at radius 2 is 2.07 bits per heavy atom. The van der Waals surface area contributed by atoms with Gasteiger partial charge in [0.2, 0.25) is 0 Å². The van der Waals surface area contributed by atoms with Gasteiger partial charge in [-0.1, -0.05) is 29.8 Å². The normalized spacial score (nSPS) is 26.2. The molecule has 1 aromatic heterocycles. The molecule has 0 bridgehead atoms. The van der Waals surface area contributed by atoms with Crippen molar-refractivity contribution in [3.05, 3.63) is 21.4 Å². The van der Waals surface area contributed by atoms with E-state index in [2.05, 4.69) is 49.7 Å². The molecule has 2 heteroatoms. The number of rotatable bonds is 2. The van der Waals surface area contributed by atoms with E-state index in [1.165, 1.54) is 21.7 Å².